The quantitative estimate of drug-likeness (QED) is 0.299. The number of H-pyrrole nitrogens is 2. The predicted molar refractivity (Wildman–Crippen MR) is 138 cm³/mol. The van der Waals surface area contributed by atoms with Crippen LogP contribution in [0, 0.1) is 20.2 Å². The number of halogens is 2. The molecule has 0 amide bonds. The summed E-state index contributed by atoms with van der Waals surface area (Å²) >= 11 is 13.3. The number of imidazole rings is 2. The number of sulfone groups is 1. The zero-order valence-electron chi connectivity index (χ0n) is 20.0. The molecule has 0 bridgehead atoms. The highest BCUT2D eigenvalue weighted by atomic mass is 35.5. The predicted octanol–water partition coefficient (Wildman–Crippen LogP) is 3.88. The van der Waals surface area contributed by atoms with Crippen molar-refractivity contribution < 1.29 is 18.3 Å². The van der Waals surface area contributed by atoms with Gasteiger partial charge in [0, 0.05) is 36.9 Å². The van der Waals surface area contributed by atoms with E-state index in [9.17, 15) is 28.6 Å². The average molecular weight is 569 g/mol. The van der Waals surface area contributed by atoms with Gasteiger partial charge in [-0.15, -0.1) is 23.2 Å². The fraction of sp³-hybridized carbons (Fsp3) is 0.364. The van der Waals surface area contributed by atoms with E-state index in [1.807, 2.05) is 0 Å². The Balaban J connectivity index is 2.03. The van der Waals surface area contributed by atoms with Gasteiger partial charge in [-0.3, -0.25) is 20.2 Å². The third-order valence-electron chi connectivity index (χ3n) is 7.39. The second kappa shape index (κ2) is 8.92. The number of aromatic nitrogens is 4. The highest BCUT2D eigenvalue weighted by Crippen LogP contribution is 2.53. The molecular weight excluding hydrogens is 547 g/mol. The first-order valence-electron chi connectivity index (χ1n) is 10.9. The summed E-state index contributed by atoms with van der Waals surface area (Å²) in [5.41, 5.74) is -0.655. The normalized spacial score (nSPS) is 28.7. The SMILES string of the molecule is CC1=C(c2ncc[nH]2)C([N+](=O)[O-])=C[C@H](Cl)[C@]1(C)S(=O)(=O)[C@]1(C)C(C)=C(c2ncc[nH]2)C([N+](=O)[O-])=C[C@@H]1Cl. The van der Waals surface area contributed by atoms with Gasteiger partial charge in [0.15, 0.2) is 9.84 Å². The molecule has 2 aromatic heterocycles. The topological polar surface area (TPSA) is 178 Å². The zero-order valence-corrected chi connectivity index (χ0v) is 22.3. The summed E-state index contributed by atoms with van der Waals surface area (Å²) < 4.78 is 25.6. The lowest BCUT2D eigenvalue weighted by atomic mass is 9.85. The summed E-state index contributed by atoms with van der Waals surface area (Å²) in [6.07, 6.45) is 7.82. The lowest BCUT2D eigenvalue weighted by molar-refractivity contribution is -0.417. The molecule has 2 heterocycles. The highest BCUT2D eigenvalue weighted by molar-refractivity contribution is 7.94. The van der Waals surface area contributed by atoms with Crippen molar-refractivity contribution in [1.82, 2.24) is 19.9 Å². The summed E-state index contributed by atoms with van der Waals surface area (Å²) in [7, 11) is -4.52. The summed E-state index contributed by atoms with van der Waals surface area (Å²) in [5, 5.41) is 21.0. The van der Waals surface area contributed by atoms with Gasteiger partial charge in [-0.05, 0) is 38.8 Å². The lowest BCUT2D eigenvalue weighted by Gasteiger charge is -2.46. The zero-order chi connectivity index (χ0) is 27.5. The Labute approximate surface area is 221 Å². The van der Waals surface area contributed by atoms with E-state index in [0.29, 0.717) is 0 Å². The first-order valence-corrected chi connectivity index (χ1v) is 13.2. The van der Waals surface area contributed by atoms with E-state index in [0.717, 1.165) is 12.2 Å². The van der Waals surface area contributed by atoms with Crippen LogP contribution in [0.4, 0.5) is 0 Å². The van der Waals surface area contributed by atoms with Gasteiger partial charge >= 0.3 is 0 Å². The Kier molecular flexibility index (Phi) is 6.46. The van der Waals surface area contributed by atoms with Crippen LogP contribution in [-0.2, 0) is 9.84 Å². The van der Waals surface area contributed by atoms with E-state index in [1.54, 1.807) is 0 Å². The van der Waals surface area contributed by atoms with Crippen LogP contribution in [0.1, 0.15) is 39.3 Å². The molecule has 0 saturated carbocycles. The largest absolute Gasteiger partial charge is 0.344 e. The monoisotopic (exact) mass is 568 g/mol. The molecule has 4 rings (SSSR count). The van der Waals surface area contributed by atoms with E-state index in [-0.39, 0.29) is 33.9 Å². The second-order valence-electron chi connectivity index (χ2n) is 9.01. The van der Waals surface area contributed by atoms with Crippen LogP contribution in [0.5, 0.6) is 0 Å². The molecule has 2 aromatic rings. The van der Waals surface area contributed by atoms with Gasteiger partial charge in [-0.2, -0.15) is 0 Å². The standard InChI is InChI=1S/C22H22Cl2N6O6S/c1-11-17(19-25-5-6-26-19)13(29(31)32)9-15(23)21(11,3)37(35,36)22(4)12(2)18(20-27-7-8-28-20)14(30(33)34)10-16(22)24/h5-10,15-16H,1-4H3,(H,25,26)(H,27,28)/t15-,16-,21+,22+/m0/s1. The molecule has 0 unspecified atom stereocenters. The van der Waals surface area contributed by atoms with Crippen molar-refractivity contribution >= 4 is 44.2 Å². The number of nitrogens with one attached hydrogen (secondary N) is 2. The van der Waals surface area contributed by atoms with Gasteiger partial charge in [0.1, 0.15) is 21.1 Å². The van der Waals surface area contributed by atoms with Crippen molar-refractivity contribution in [1.29, 1.82) is 0 Å². The first kappa shape index (κ1) is 26.8. The van der Waals surface area contributed by atoms with E-state index in [1.165, 1.54) is 52.5 Å². The molecule has 0 saturated heterocycles. The highest BCUT2D eigenvalue weighted by Gasteiger charge is 2.63. The van der Waals surface area contributed by atoms with Crippen LogP contribution in [0.3, 0.4) is 0 Å². The van der Waals surface area contributed by atoms with Crippen LogP contribution in [0.25, 0.3) is 11.1 Å². The third-order valence-corrected chi connectivity index (χ3v) is 12.1. The molecule has 2 aliphatic rings. The molecule has 37 heavy (non-hydrogen) atoms. The van der Waals surface area contributed by atoms with E-state index in [4.69, 9.17) is 23.2 Å². The molecule has 196 valence electrons. The average Bonchev–Trinajstić information content (AvgIpc) is 3.54. The van der Waals surface area contributed by atoms with Crippen LogP contribution in [-0.4, -0.2) is 58.4 Å². The Hall–Kier alpha value is -3.29. The molecule has 2 N–H and O–H groups in total. The van der Waals surface area contributed by atoms with Crippen LogP contribution < -0.4 is 0 Å². The molecular formula is C22H22Cl2N6O6S. The van der Waals surface area contributed by atoms with Crippen molar-refractivity contribution in [2.45, 2.75) is 47.9 Å². The molecule has 0 radical (unpaired) electrons. The number of nitro groups is 2. The Morgan fingerprint density at radius 1 is 0.838 bits per heavy atom. The Bertz CT molecular complexity index is 1420. The molecule has 0 spiro atoms. The third kappa shape index (κ3) is 3.59. The summed E-state index contributed by atoms with van der Waals surface area (Å²) in [4.78, 5) is 36.3. The summed E-state index contributed by atoms with van der Waals surface area (Å²) in [6.45, 7) is 5.63. The molecule has 4 atom stereocenters. The van der Waals surface area contributed by atoms with Crippen molar-refractivity contribution in [2.75, 3.05) is 0 Å². The number of rotatable bonds is 6. The Morgan fingerprint density at radius 3 is 1.46 bits per heavy atom. The van der Waals surface area contributed by atoms with Crippen LogP contribution >= 0.6 is 23.2 Å². The minimum absolute atomic E-state index is 0.0158. The van der Waals surface area contributed by atoms with Crippen molar-refractivity contribution in [2.24, 2.45) is 0 Å². The van der Waals surface area contributed by atoms with Gasteiger partial charge in [-0.25, -0.2) is 18.4 Å². The summed E-state index contributed by atoms with van der Waals surface area (Å²) in [6, 6.07) is 0. The van der Waals surface area contributed by atoms with E-state index < -0.39 is 51.3 Å². The van der Waals surface area contributed by atoms with Crippen molar-refractivity contribution in [3.63, 3.8) is 0 Å². The fourth-order valence-electron chi connectivity index (χ4n) is 4.90. The minimum atomic E-state index is -4.52. The maximum atomic E-state index is 14.7. The number of nitrogens with zero attached hydrogens (tertiary/aromatic N) is 4. The molecule has 12 nitrogen and oxygen atoms in total. The maximum absolute atomic E-state index is 14.7. The molecule has 0 aromatic carbocycles. The first-order chi connectivity index (χ1) is 17.2. The number of aromatic amines is 2. The Morgan fingerprint density at radius 2 is 1.19 bits per heavy atom. The van der Waals surface area contributed by atoms with Crippen LogP contribution in [0.15, 0.2) is 59.5 Å². The smallest absolute Gasteiger partial charge is 0.277 e. The van der Waals surface area contributed by atoms with Crippen molar-refractivity contribution in [3.05, 3.63) is 91.4 Å². The molecule has 0 fully saturated rings. The fourth-order valence-corrected chi connectivity index (χ4v) is 8.79. The number of hydrogen-bond donors (Lipinski definition) is 2. The van der Waals surface area contributed by atoms with E-state index in [2.05, 4.69) is 19.9 Å². The maximum Gasteiger partial charge on any atom is 0.277 e. The van der Waals surface area contributed by atoms with E-state index >= 15 is 0 Å². The van der Waals surface area contributed by atoms with Gasteiger partial charge in [0.25, 0.3) is 11.4 Å². The molecule has 2 aliphatic carbocycles. The lowest BCUT2D eigenvalue weighted by Crippen LogP contribution is -2.59. The second-order valence-corrected chi connectivity index (χ2v) is 12.7. The summed E-state index contributed by atoms with van der Waals surface area (Å²) in [5.74, 6) is 0.196. The number of hydrogen-bond acceptors (Lipinski definition) is 8. The van der Waals surface area contributed by atoms with Gasteiger partial charge in [-0.1, -0.05) is 0 Å². The van der Waals surface area contributed by atoms with Gasteiger partial charge in [0.2, 0.25) is 0 Å². The molecule has 0 aliphatic heterocycles. The minimum Gasteiger partial charge on any atom is -0.344 e. The van der Waals surface area contributed by atoms with Crippen molar-refractivity contribution in [3.8, 4) is 0 Å². The molecule has 15 heteroatoms. The van der Waals surface area contributed by atoms with Gasteiger partial charge < -0.3 is 9.97 Å². The van der Waals surface area contributed by atoms with Gasteiger partial charge in [0.05, 0.1) is 31.7 Å². The number of alkyl halides is 2. The van der Waals surface area contributed by atoms with Crippen LogP contribution in [0.2, 0.25) is 0 Å². The number of allylic oxidation sites excluding steroid dienone is 4.